The molecule has 0 radical (unpaired) electrons. The number of nitrogen functional groups attached to an aromatic ring is 1. The number of amides is 2. The molecule has 0 aliphatic carbocycles. The minimum atomic E-state index is -1.54. The lowest BCUT2D eigenvalue weighted by atomic mass is 9.96. The molecule has 2 amide bonds. The summed E-state index contributed by atoms with van der Waals surface area (Å²) < 4.78 is 0.656. The first-order valence-electron chi connectivity index (χ1n) is 11.3. The molecule has 0 saturated carbocycles. The van der Waals surface area contributed by atoms with E-state index in [1.807, 2.05) is 6.08 Å². The van der Waals surface area contributed by atoms with Gasteiger partial charge in [-0.15, -0.1) is 11.3 Å². The van der Waals surface area contributed by atoms with Gasteiger partial charge in [-0.05, 0) is 6.08 Å². The summed E-state index contributed by atoms with van der Waals surface area (Å²) in [6, 6.07) is 0. The van der Waals surface area contributed by atoms with Crippen molar-refractivity contribution in [2.45, 2.75) is 35.6 Å². The topological polar surface area (TPSA) is 170 Å². The summed E-state index contributed by atoms with van der Waals surface area (Å²) in [7, 11) is 3.35. The molecule has 0 spiro atoms. The van der Waals surface area contributed by atoms with Gasteiger partial charge in [0, 0.05) is 23.8 Å². The first kappa shape index (κ1) is 26.1. The second kappa shape index (κ2) is 10.2. The number of thiazole rings is 1. The van der Waals surface area contributed by atoms with Crippen LogP contribution in [0.25, 0.3) is 0 Å². The summed E-state index contributed by atoms with van der Waals surface area (Å²) in [6.07, 6.45) is 5.49. The summed E-state index contributed by atoms with van der Waals surface area (Å²) >= 11 is 2.34. The van der Waals surface area contributed by atoms with E-state index in [1.165, 1.54) is 23.8 Å². The average molecular weight is 537 g/mol. The second-order valence-corrected chi connectivity index (χ2v) is 11.4. The molecule has 3 aliphatic rings. The molecule has 2 saturated heterocycles. The zero-order chi connectivity index (χ0) is 26.1. The number of aliphatic hydroxyl groups is 1. The normalized spacial score (nSPS) is 30.4. The molecule has 2 fully saturated rings. The molecular weight excluding hydrogens is 508 g/mol. The van der Waals surface area contributed by atoms with Crippen molar-refractivity contribution in [3.05, 3.63) is 34.5 Å². The predicted octanol–water partition coefficient (Wildman–Crippen LogP) is -0.907. The number of carbonyl (C=O) groups excluding carboxylic acids is 3. The summed E-state index contributed by atoms with van der Waals surface area (Å²) in [5, 5.41) is 30.0. The zero-order valence-electron chi connectivity index (χ0n) is 19.9. The van der Waals surface area contributed by atoms with Gasteiger partial charge >= 0.3 is 0 Å². The third kappa shape index (κ3) is 4.98. The van der Waals surface area contributed by atoms with Gasteiger partial charge < -0.3 is 35.4 Å². The number of aromatic nitrogens is 1. The number of carboxylic acids is 1. The van der Waals surface area contributed by atoms with Gasteiger partial charge in [0.1, 0.15) is 13.3 Å². The number of nitrogens with zero attached hydrogens (tertiary/aromatic N) is 4. The number of aliphatic carboxylic acids is 1. The van der Waals surface area contributed by atoms with Crippen LogP contribution in [0.4, 0.5) is 5.13 Å². The molecule has 1 unspecified atom stereocenters. The number of likely N-dealkylation sites (N-methyl/N-ethyl adjacent to an activating group) is 1. The van der Waals surface area contributed by atoms with E-state index in [0.717, 1.165) is 30.6 Å². The molecule has 1 aromatic heterocycles. The van der Waals surface area contributed by atoms with E-state index in [0.29, 0.717) is 29.6 Å². The van der Waals surface area contributed by atoms with E-state index in [-0.39, 0.29) is 34.8 Å². The Labute approximate surface area is 216 Å². The molecule has 4 N–H and O–H groups in total. The van der Waals surface area contributed by atoms with Crippen LogP contribution < -0.4 is 16.2 Å². The van der Waals surface area contributed by atoms with Crippen LogP contribution in [-0.4, -0.2) is 88.7 Å². The number of aliphatic hydroxyl groups excluding tert-OH is 1. The minimum absolute atomic E-state index is 0.0964. The van der Waals surface area contributed by atoms with Gasteiger partial charge in [0.25, 0.3) is 5.91 Å². The van der Waals surface area contributed by atoms with Gasteiger partial charge in [0.05, 0.1) is 61.9 Å². The third-order valence-corrected chi connectivity index (χ3v) is 8.79. The molecule has 36 heavy (non-hydrogen) atoms. The largest absolute Gasteiger partial charge is 0.543 e. The fourth-order valence-corrected chi connectivity index (χ4v) is 6.95. The third-order valence-electron chi connectivity index (χ3n) is 6.58. The van der Waals surface area contributed by atoms with Crippen molar-refractivity contribution in [3.63, 3.8) is 0 Å². The van der Waals surface area contributed by atoms with Crippen molar-refractivity contribution < 1.29 is 33.9 Å². The van der Waals surface area contributed by atoms with Crippen LogP contribution >= 0.6 is 23.1 Å². The minimum Gasteiger partial charge on any atom is -0.543 e. The van der Waals surface area contributed by atoms with Crippen LogP contribution in [0.15, 0.2) is 34.0 Å². The average Bonchev–Trinajstić information content (AvgIpc) is 3.27. The van der Waals surface area contributed by atoms with Gasteiger partial charge in [0.2, 0.25) is 5.91 Å². The number of quaternary nitrogens is 1. The Hall–Kier alpha value is -2.94. The second-order valence-electron chi connectivity index (χ2n) is 9.13. The molecular formula is C22H28N6O6S2. The highest BCUT2D eigenvalue weighted by Crippen LogP contribution is 2.54. The molecule has 4 heterocycles. The number of nitrogens with two attached hydrogens (primary N) is 1. The molecule has 12 nitrogen and oxygen atoms in total. The Balaban J connectivity index is 1.81. The van der Waals surface area contributed by atoms with Gasteiger partial charge in [0.15, 0.2) is 10.0 Å². The molecule has 1 aromatic rings. The smallest absolute Gasteiger partial charge is 0.267 e. The highest BCUT2D eigenvalue weighted by Gasteiger charge is 2.55. The highest BCUT2D eigenvalue weighted by atomic mass is 32.2. The summed E-state index contributed by atoms with van der Waals surface area (Å²) in [5.74, 6) is -2.54. The first-order chi connectivity index (χ1) is 17.1. The predicted molar refractivity (Wildman–Crippen MR) is 132 cm³/mol. The monoisotopic (exact) mass is 536 g/mol. The number of likely N-dealkylation sites (tertiary alicyclic amines) is 1. The van der Waals surface area contributed by atoms with E-state index >= 15 is 0 Å². The van der Waals surface area contributed by atoms with Gasteiger partial charge in [-0.25, -0.2) is 4.98 Å². The molecule has 2 atom stereocenters. The summed E-state index contributed by atoms with van der Waals surface area (Å²) in [5.41, 5.74) is 6.06. The Bertz CT molecular complexity index is 1140. The Kier molecular flexibility index (Phi) is 7.41. The maximum atomic E-state index is 12.8. The van der Waals surface area contributed by atoms with Crippen molar-refractivity contribution in [3.8, 4) is 0 Å². The number of fused-ring (bicyclic) bond motifs is 1. The fourth-order valence-electron chi connectivity index (χ4n) is 4.62. The van der Waals surface area contributed by atoms with Crippen LogP contribution in [0.1, 0.15) is 25.0 Å². The number of hydrogen-bond donors (Lipinski definition) is 3. The molecule has 0 aromatic carbocycles. The van der Waals surface area contributed by atoms with E-state index < -0.39 is 22.1 Å². The van der Waals surface area contributed by atoms with E-state index in [4.69, 9.17) is 5.73 Å². The van der Waals surface area contributed by atoms with Crippen molar-refractivity contribution >= 4 is 52.2 Å². The number of carboxylic acid groups (broad SMARTS) is 1. The number of thioether (sulfide) groups is 1. The standard InChI is InChI=1S/C22H28N6O6S2/c1-28(8-5-13(29)6-9-28)7-3-4-14-19(20(32)33)27-17(31)10-18(27)36-22(14,15-12-35-21(23)25-15)26-16(30)11-24-34-2/h3-4,11-13,18,29H,5-10H2,1-2H3,(H3-,23,25,26,30,32,33)/b4-3-,24-11?/t13?,18-,22?,28?/m0/s1. The van der Waals surface area contributed by atoms with Crippen molar-refractivity contribution in [2.75, 3.05) is 39.5 Å². The fraction of sp³-hybridized carbons (Fsp3) is 0.500. The van der Waals surface area contributed by atoms with Crippen LogP contribution in [0.5, 0.6) is 0 Å². The van der Waals surface area contributed by atoms with Crippen molar-refractivity contribution in [2.24, 2.45) is 5.16 Å². The Morgan fingerprint density at radius 3 is 2.78 bits per heavy atom. The lowest BCUT2D eigenvalue weighted by molar-refractivity contribution is -0.909. The van der Waals surface area contributed by atoms with Gasteiger partial charge in [-0.3, -0.25) is 14.5 Å². The number of carbonyl (C=O) groups is 3. The Morgan fingerprint density at radius 1 is 1.47 bits per heavy atom. The number of oxime groups is 1. The van der Waals surface area contributed by atoms with Crippen LogP contribution in [0.2, 0.25) is 0 Å². The number of rotatable bonds is 8. The number of β-lactam (4-membered cyclic amide) rings is 1. The van der Waals surface area contributed by atoms with Crippen LogP contribution in [0.3, 0.4) is 0 Å². The first-order valence-corrected chi connectivity index (χ1v) is 13.1. The van der Waals surface area contributed by atoms with E-state index in [9.17, 15) is 24.6 Å². The SMILES string of the molecule is CON=CC(=O)NC1(c2csc(N)n2)S[C@H]2CC(=O)N2C(C(=O)[O-])=C1/C=C\C[N+]1(C)CCC(O)CC1. The van der Waals surface area contributed by atoms with Crippen LogP contribution in [-0.2, 0) is 24.1 Å². The number of nitrogens with one attached hydrogen (secondary N) is 1. The molecule has 194 valence electrons. The zero-order valence-corrected chi connectivity index (χ0v) is 21.5. The number of piperidine rings is 1. The van der Waals surface area contributed by atoms with Crippen molar-refractivity contribution in [1.82, 2.24) is 15.2 Å². The van der Waals surface area contributed by atoms with E-state index in [2.05, 4.69) is 27.3 Å². The quantitative estimate of drug-likeness (QED) is 0.165. The Morgan fingerprint density at radius 2 is 2.19 bits per heavy atom. The number of hydrogen-bond acceptors (Lipinski definition) is 11. The molecule has 14 heteroatoms. The van der Waals surface area contributed by atoms with Gasteiger partial charge in [-0.2, -0.15) is 0 Å². The lowest BCUT2D eigenvalue weighted by Crippen LogP contribution is -2.62. The molecule has 4 rings (SSSR count). The summed E-state index contributed by atoms with van der Waals surface area (Å²) in [6.45, 7) is 2.07. The van der Waals surface area contributed by atoms with Crippen LogP contribution in [0, 0.1) is 0 Å². The van der Waals surface area contributed by atoms with E-state index in [1.54, 1.807) is 11.5 Å². The highest BCUT2D eigenvalue weighted by molar-refractivity contribution is 8.01. The molecule has 0 bridgehead atoms. The van der Waals surface area contributed by atoms with Crippen molar-refractivity contribution in [1.29, 1.82) is 0 Å². The van der Waals surface area contributed by atoms with Gasteiger partial charge in [-0.1, -0.05) is 23.0 Å². The maximum Gasteiger partial charge on any atom is 0.267 e. The summed E-state index contributed by atoms with van der Waals surface area (Å²) in [4.78, 5) is 46.4. The molecule has 3 aliphatic heterocycles. The number of anilines is 1. The maximum absolute atomic E-state index is 12.8. The lowest BCUT2D eigenvalue weighted by Gasteiger charge is -2.52.